The smallest absolute Gasteiger partial charge is 0.239 e. The lowest BCUT2D eigenvalue weighted by atomic mass is 9.92. The lowest BCUT2D eigenvalue weighted by molar-refractivity contribution is -0.130. The number of amides is 2. The molecule has 0 aromatic heterocycles. The van der Waals surface area contributed by atoms with E-state index in [-0.39, 0.29) is 17.9 Å². The van der Waals surface area contributed by atoms with Gasteiger partial charge in [-0.15, -0.1) is 0 Å². The Hall–Kier alpha value is -1.14. The van der Waals surface area contributed by atoms with Gasteiger partial charge in [-0.05, 0) is 13.8 Å². The number of hydrogen-bond acceptors (Lipinski definition) is 4. The molecule has 98 valence electrons. The van der Waals surface area contributed by atoms with Gasteiger partial charge in [0, 0.05) is 20.1 Å². The topological polar surface area (TPSA) is 79.5 Å². The van der Waals surface area contributed by atoms with Crippen molar-refractivity contribution < 1.29 is 14.3 Å². The fourth-order valence-corrected chi connectivity index (χ4v) is 1.58. The second-order valence-corrected chi connectivity index (χ2v) is 4.76. The normalized spacial score (nSPS) is 20.8. The SMILES string of the molecule is CNC(=O)C(C)(C)CNC(=O)C1COCCN1. The molecule has 0 bridgehead atoms. The van der Waals surface area contributed by atoms with Crippen LogP contribution in [0.4, 0.5) is 0 Å². The molecule has 1 aliphatic rings. The van der Waals surface area contributed by atoms with Crippen molar-refractivity contribution in [2.75, 3.05) is 33.4 Å². The molecule has 0 aromatic carbocycles. The highest BCUT2D eigenvalue weighted by atomic mass is 16.5. The summed E-state index contributed by atoms with van der Waals surface area (Å²) < 4.78 is 5.20. The molecule has 1 fully saturated rings. The average Bonchev–Trinajstić information content (AvgIpc) is 2.36. The van der Waals surface area contributed by atoms with Gasteiger partial charge in [0.25, 0.3) is 0 Å². The Bertz CT molecular complexity index is 286. The van der Waals surface area contributed by atoms with Crippen LogP contribution in [0.5, 0.6) is 0 Å². The van der Waals surface area contributed by atoms with Gasteiger partial charge in [-0.2, -0.15) is 0 Å². The molecule has 1 atom stereocenters. The number of morpholine rings is 1. The summed E-state index contributed by atoms with van der Waals surface area (Å²) in [4.78, 5) is 23.3. The Labute approximate surface area is 101 Å². The van der Waals surface area contributed by atoms with Crippen molar-refractivity contribution in [3.63, 3.8) is 0 Å². The van der Waals surface area contributed by atoms with E-state index in [0.717, 1.165) is 0 Å². The second-order valence-electron chi connectivity index (χ2n) is 4.76. The highest BCUT2D eigenvalue weighted by Crippen LogP contribution is 2.13. The number of nitrogens with one attached hydrogen (secondary N) is 3. The largest absolute Gasteiger partial charge is 0.378 e. The molecule has 0 spiro atoms. The predicted molar refractivity (Wildman–Crippen MR) is 63.5 cm³/mol. The second kappa shape index (κ2) is 5.97. The quantitative estimate of drug-likeness (QED) is 0.583. The molecule has 1 unspecified atom stereocenters. The molecule has 1 rings (SSSR count). The van der Waals surface area contributed by atoms with Crippen molar-refractivity contribution in [3.05, 3.63) is 0 Å². The molecular formula is C11H21N3O3. The van der Waals surface area contributed by atoms with Gasteiger partial charge in [-0.25, -0.2) is 0 Å². The third kappa shape index (κ3) is 3.98. The summed E-state index contributed by atoms with van der Waals surface area (Å²) in [6, 6.07) is -0.316. The molecule has 2 amide bonds. The summed E-state index contributed by atoms with van der Waals surface area (Å²) in [6.07, 6.45) is 0. The monoisotopic (exact) mass is 243 g/mol. The first kappa shape index (κ1) is 13.9. The molecule has 1 saturated heterocycles. The standard InChI is InChI=1S/C11H21N3O3/c1-11(2,10(16)12-3)7-14-9(15)8-6-17-5-4-13-8/h8,13H,4-7H2,1-3H3,(H,12,16)(H,14,15). The molecule has 17 heavy (non-hydrogen) atoms. The molecule has 1 aliphatic heterocycles. The maximum absolute atomic E-state index is 11.8. The molecular weight excluding hydrogens is 222 g/mol. The molecule has 6 nitrogen and oxygen atoms in total. The first-order valence-corrected chi connectivity index (χ1v) is 5.78. The summed E-state index contributed by atoms with van der Waals surface area (Å²) in [5, 5.41) is 8.40. The molecule has 0 aliphatic carbocycles. The minimum absolute atomic E-state index is 0.0920. The van der Waals surface area contributed by atoms with E-state index in [0.29, 0.717) is 26.3 Å². The zero-order valence-corrected chi connectivity index (χ0v) is 10.6. The predicted octanol–water partition coefficient (Wildman–Crippen LogP) is -1.14. The van der Waals surface area contributed by atoms with Crippen molar-refractivity contribution in [3.8, 4) is 0 Å². The Morgan fingerprint density at radius 3 is 2.71 bits per heavy atom. The van der Waals surface area contributed by atoms with Gasteiger partial charge in [0.05, 0.1) is 18.6 Å². The van der Waals surface area contributed by atoms with Crippen molar-refractivity contribution in [2.24, 2.45) is 5.41 Å². The third-order valence-corrected chi connectivity index (χ3v) is 2.78. The van der Waals surface area contributed by atoms with E-state index >= 15 is 0 Å². The zero-order valence-electron chi connectivity index (χ0n) is 10.6. The van der Waals surface area contributed by atoms with Crippen LogP contribution in [0.15, 0.2) is 0 Å². The van der Waals surface area contributed by atoms with Gasteiger partial charge >= 0.3 is 0 Å². The van der Waals surface area contributed by atoms with Gasteiger partial charge in [0.15, 0.2) is 0 Å². The van der Waals surface area contributed by atoms with Crippen LogP contribution in [-0.4, -0.2) is 51.2 Å². The van der Waals surface area contributed by atoms with Gasteiger partial charge in [-0.3, -0.25) is 9.59 Å². The van der Waals surface area contributed by atoms with Gasteiger partial charge < -0.3 is 20.7 Å². The third-order valence-electron chi connectivity index (χ3n) is 2.78. The molecule has 6 heteroatoms. The summed E-state index contributed by atoms with van der Waals surface area (Å²) in [5.41, 5.74) is -0.611. The maximum atomic E-state index is 11.8. The van der Waals surface area contributed by atoms with Gasteiger partial charge in [0.1, 0.15) is 6.04 Å². The van der Waals surface area contributed by atoms with E-state index in [9.17, 15) is 9.59 Å². The van der Waals surface area contributed by atoms with E-state index in [1.54, 1.807) is 20.9 Å². The number of carbonyl (C=O) groups is 2. The van der Waals surface area contributed by atoms with Crippen LogP contribution >= 0.6 is 0 Å². The lowest BCUT2D eigenvalue weighted by Crippen LogP contribution is -2.53. The van der Waals surface area contributed by atoms with Crippen LogP contribution in [0.1, 0.15) is 13.8 Å². The Morgan fingerprint density at radius 1 is 1.47 bits per heavy atom. The van der Waals surface area contributed by atoms with Crippen molar-refractivity contribution >= 4 is 11.8 Å². The van der Waals surface area contributed by atoms with E-state index in [2.05, 4.69) is 16.0 Å². The fraction of sp³-hybridized carbons (Fsp3) is 0.818. The molecule has 1 heterocycles. The van der Waals surface area contributed by atoms with Crippen LogP contribution in [0.25, 0.3) is 0 Å². The molecule has 0 aromatic rings. The van der Waals surface area contributed by atoms with Crippen molar-refractivity contribution in [1.29, 1.82) is 0 Å². The zero-order chi connectivity index (χ0) is 12.9. The minimum atomic E-state index is -0.611. The Kier molecular flexibility index (Phi) is 4.89. The molecule has 0 saturated carbocycles. The highest BCUT2D eigenvalue weighted by Gasteiger charge is 2.29. The van der Waals surface area contributed by atoms with Crippen LogP contribution in [-0.2, 0) is 14.3 Å². The van der Waals surface area contributed by atoms with Crippen LogP contribution < -0.4 is 16.0 Å². The first-order valence-electron chi connectivity index (χ1n) is 5.78. The fourth-order valence-electron chi connectivity index (χ4n) is 1.58. The summed E-state index contributed by atoms with van der Waals surface area (Å²) in [7, 11) is 1.59. The maximum Gasteiger partial charge on any atom is 0.239 e. The van der Waals surface area contributed by atoms with E-state index < -0.39 is 5.41 Å². The van der Waals surface area contributed by atoms with Gasteiger partial charge in [-0.1, -0.05) is 0 Å². The summed E-state index contributed by atoms with van der Waals surface area (Å²) >= 11 is 0. The number of carbonyl (C=O) groups excluding carboxylic acids is 2. The van der Waals surface area contributed by atoms with E-state index in [1.165, 1.54) is 0 Å². The Balaban J connectivity index is 2.39. The van der Waals surface area contributed by atoms with Crippen LogP contribution in [0.2, 0.25) is 0 Å². The average molecular weight is 243 g/mol. The molecule has 3 N–H and O–H groups in total. The lowest BCUT2D eigenvalue weighted by Gasteiger charge is -2.26. The number of ether oxygens (including phenoxy) is 1. The Morgan fingerprint density at radius 2 is 2.18 bits per heavy atom. The molecule has 0 radical (unpaired) electrons. The number of hydrogen-bond donors (Lipinski definition) is 3. The van der Waals surface area contributed by atoms with E-state index in [4.69, 9.17) is 4.74 Å². The summed E-state index contributed by atoms with van der Waals surface area (Å²) in [6.45, 7) is 5.58. The van der Waals surface area contributed by atoms with Crippen LogP contribution in [0, 0.1) is 5.41 Å². The van der Waals surface area contributed by atoms with Gasteiger partial charge in [0.2, 0.25) is 11.8 Å². The van der Waals surface area contributed by atoms with E-state index in [1.807, 2.05) is 0 Å². The highest BCUT2D eigenvalue weighted by molar-refractivity contribution is 5.85. The van der Waals surface area contributed by atoms with Crippen molar-refractivity contribution in [1.82, 2.24) is 16.0 Å². The minimum Gasteiger partial charge on any atom is -0.378 e. The van der Waals surface area contributed by atoms with Crippen LogP contribution in [0.3, 0.4) is 0 Å². The summed E-state index contributed by atoms with van der Waals surface area (Å²) in [5.74, 6) is -0.215. The van der Waals surface area contributed by atoms with Crippen molar-refractivity contribution in [2.45, 2.75) is 19.9 Å². The number of rotatable bonds is 4. The first-order chi connectivity index (χ1) is 7.97.